The molecule has 1 fully saturated rings. The maximum atomic E-state index is 12.6. The van der Waals surface area contributed by atoms with Gasteiger partial charge in [0.15, 0.2) is 0 Å². The van der Waals surface area contributed by atoms with Crippen LogP contribution in [0.4, 0.5) is 0 Å². The SMILES string of the molecule is Cc1cc(CCNC(=O)c2ccc(S(=O)(=O)N3CCCCC3)cc2)on1. The molecular formula is C18H23N3O4S. The third-order valence-electron chi connectivity index (χ3n) is 4.40. The summed E-state index contributed by atoms with van der Waals surface area (Å²) in [6.45, 7) is 3.38. The molecule has 1 aliphatic rings. The first kappa shape index (κ1) is 18.6. The van der Waals surface area contributed by atoms with Crippen LogP contribution in [0.15, 0.2) is 39.8 Å². The van der Waals surface area contributed by atoms with Gasteiger partial charge in [-0.2, -0.15) is 4.31 Å². The Morgan fingerprint density at radius 2 is 1.88 bits per heavy atom. The molecule has 1 aromatic heterocycles. The van der Waals surface area contributed by atoms with E-state index in [-0.39, 0.29) is 10.8 Å². The Bertz CT molecular complexity index is 853. The van der Waals surface area contributed by atoms with E-state index in [4.69, 9.17) is 4.52 Å². The minimum Gasteiger partial charge on any atom is -0.361 e. The van der Waals surface area contributed by atoms with Crippen molar-refractivity contribution < 1.29 is 17.7 Å². The highest BCUT2D eigenvalue weighted by atomic mass is 32.2. The topological polar surface area (TPSA) is 92.5 Å². The van der Waals surface area contributed by atoms with Gasteiger partial charge in [-0.1, -0.05) is 11.6 Å². The monoisotopic (exact) mass is 377 g/mol. The van der Waals surface area contributed by atoms with E-state index in [2.05, 4.69) is 10.5 Å². The summed E-state index contributed by atoms with van der Waals surface area (Å²) in [5.74, 6) is 0.467. The van der Waals surface area contributed by atoms with E-state index in [1.807, 2.05) is 13.0 Å². The van der Waals surface area contributed by atoms with Gasteiger partial charge in [-0.15, -0.1) is 0 Å². The van der Waals surface area contributed by atoms with E-state index >= 15 is 0 Å². The number of sulfonamides is 1. The third-order valence-corrected chi connectivity index (χ3v) is 6.32. The molecule has 8 heteroatoms. The fraction of sp³-hybridized carbons (Fsp3) is 0.444. The Morgan fingerprint density at radius 1 is 1.19 bits per heavy atom. The summed E-state index contributed by atoms with van der Waals surface area (Å²) in [6.07, 6.45) is 3.40. The normalized spacial score (nSPS) is 15.7. The number of hydrogen-bond acceptors (Lipinski definition) is 5. The van der Waals surface area contributed by atoms with Crippen molar-refractivity contribution >= 4 is 15.9 Å². The summed E-state index contributed by atoms with van der Waals surface area (Å²) in [4.78, 5) is 12.4. The van der Waals surface area contributed by atoms with Crippen LogP contribution in [-0.4, -0.2) is 43.4 Å². The summed E-state index contributed by atoms with van der Waals surface area (Å²) in [6, 6.07) is 7.92. The second kappa shape index (κ2) is 8.01. The average molecular weight is 377 g/mol. The Balaban J connectivity index is 1.58. The molecule has 1 aliphatic heterocycles. The van der Waals surface area contributed by atoms with E-state index in [0.717, 1.165) is 25.0 Å². The predicted octanol–water partition coefficient (Wildman–Crippen LogP) is 2.13. The number of nitrogens with one attached hydrogen (secondary N) is 1. The van der Waals surface area contributed by atoms with Gasteiger partial charge in [0.1, 0.15) is 5.76 Å². The van der Waals surface area contributed by atoms with Crippen molar-refractivity contribution in [3.63, 3.8) is 0 Å². The van der Waals surface area contributed by atoms with Gasteiger partial charge >= 0.3 is 0 Å². The number of nitrogens with zero attached hydrogens (tertiary/aromatic N) is 2. The fourth-order valence-corrected chi connectivity index (χ4v) is 4.49. The largest absolute Gasteiger partial charge is 0.361 e. The maximum Gasteiger partial charge on any atom is 0.251 e. The smallest absolute Gasteiger partial charge is 0.251 e. The Kier molecular flexibility index (Phi) is 5.73. The Morgan fingerprint density at radius 3 is 2.50 bits per heavy atom. The second-order valence-corrected chi connectivity index (χ2v) is 8.37. The van der Waals surface area contributed by atoms with Crippen LogP contribution in [0.1, 0.15) is 41.1 Å². The molecule has 1 N–H and O–H groups in total. The van der Waals surface area contributed by atoms with E-state index in [1.165, 1.54) is 16.4 Å². The number of rotatable bonds is 6. The average Bonchev–Trinajstić information content (AvgIpc) is 3.07. The van der Waals surface area contributed by atoms with Gasteiger partial charge in [0, 0.05) is 37.7 Å². The first-order valence-electron chi connectivity index (χ1n) is 8.77. The van der Waals surface area contributed by atoms with Crippen molar-refractivity contribution in [2.45, 2.75) is 37.5 Å². The van der Waals surface area contributed by atoms with Crippen molar-refractivity contribution in [2.24, 2.45) is 0 Å². The third kappa shape index (κ3) is 4.31. The predicted molar refractivity (Wildman–Crippen MR) is 96.3 cm³/mol. The number of aryl methyl sites for hydroxylation is 1. The molecule has 0 unspecified atom stereocenters. The molecule has 2 aromatic rings. The molecule has 0 radical (unpaired) electrons. The minimum absolute atomic E-state index is 0.230. The summed E-state index contributed by atoms with van der Waals surface area (Å²) in [5, 5.41) is 6.59. The lowest BCUT2D eigenvalue weighted by atomic mass is 10.2. The van der Waals surface area contributed by atoms with Crippen LogP contribution in [0.2, 0.25) is 0 Å². The molecule has 2 heterocycles. The van der Waals surface area contributed by atoms with Crippen LogP contribution in [-0.2, 0) is 16.4 Å². The lowest BCUT2D eigenvalue weighted by Gasteiger charge is -2.25. The summed E-state index contributed by atoms with van der Waals surface area (Å²) in [7, 11) is -3.47. The number of aromatic nitrogens is 1. The Labute approximate surface area is 153 Å². The second-order valence-electron chi connectivity index (χ2n) is 6.43. The first-order chi connectivity index (χ1) is 12.5. The standard InChI is InChI=1S/C18H23N3O4S/c1-14-13-16(25-20-14)9-10-19-18(22)15-5-7-17(8-6-15)26(23,24)21-11-3-2-4-12-21/h5-8,13H,2-4,9-12H2,1H3,(H,19,22). The van der Waals surface area contributed by atoms with Gasteiger partial charge in [-0.25, -0.2) is 8.42 Å². The Hall–Kier alpha value is -2.19. The van der Waals surface area contributed by atoms with Crippen molar-refractivity contribution in [2.75, 3.05) is 19.6 Å². The maximum absolute atomic E-state index is 12.6. The van der Waals surface area contributed by atoms with Crippen molar-refractivity contribution in [1.82, 2.24) is 14.8 Å². The van der Waals surface area contributed by atoms with Crippen LogP contribution in [0.25, 0.3) is 0 Å². The van der Waals surface area contributed by atoms with Crippen molar-refractivity contribution in [3.8, 4) is 0 Å². The lowest BCUT2D eigenvalue weighted by molar-refractivity contribution is 0.0953. The van der Waals surface area contributed by atoms with Crippen LogP contribution in [0.3, 0.4) is 0 Å². The van der Waals surface area contributed by atoms with Gasteiger partial charge in [-0.3, -0.25) is 4.79 Å². The van der Waals surface area contributed by atoms with Crippen LogP contribution in [0, 0.1) is 6.92 Å². The number of amides is 1. The van der Waals surface area contributed by atoms with Crippen molar-refractivity contribution in [3.05, 3.63) is 47.3 Å². The zero-order valence-corrected chi connectivity index (χ0v) is 15.6. The molecule has 1 saturated heterocycles. The van der Waals surface area contributed by atoms with Gasteiger partial charge in [0.2, 0.25) is 10.0 Å². The van der Waals surface area contributed by atoms with E-state index in [1.54, 1.807) is 12.1 Å². The molecule has 0 bridgehead atoms. The van der Waals surface area contributed by atoms with E-state index in [9.17, 15) is 13.2 Å². The number of hydrogen-bond donors (Lipinski definition) is 1. The first-order valence-corrected chi connectivity index (χ1v) is 10.2. The molecule has 0 aliphatic carbocycles. The molecule has 3 rings (SSSR count). The number of piperidine rings is 1. The summed E-state index contributed by atoms with van der Waals surface area (Å²) in [5.41, 5.74) is 1.23. The number of carbonyl (C=O) groups excluding carboxylic acids is 1. The highest BCUT2D eigenvalue weighted by molar-refractivity contribution is 7.89. The molecular weight excluding hydrogens is 354 g/mol. The van der Waals surface area contributed by atoms with Gasteiger partial charge in [-0.05, 0) is 44.0 Å². The van der Waals surface area contributed by atoms with Gasteiger partial charge in [0.05, 0.1) is 10.6 Å². The zero-order valence-electron chi connectivity index (χ0n) is 14.8. The molecule has 7 nitrogen and oxygen atoms in total. The highest BCUT2D eigenvalue weighted by Crippen LogP contribution is 2.20. The van der Waals surface area contributed by atoms with Crippen LogP contribution < -0.4 is 5.32 Å². The molecule has 140 valence electrons. The molecule has 0 saturated carbocycles. The molecule has 0 spiro atoms. The number of benzene rings is 1. The zero-order chi connectivity index (χ0) is 18.6. The quantitative estimate of drug-likeness (QED) is 0.832. The minimum atomic E-state index is -3.47. The molecule has 26 heavy (non-hydrogen) atoms. The molecule has 1 amide bonds. The lowest BCUT2D eigenvalue weighted by Crippen LogP contribution is -2.35. The molecule has 1 aromatic carbocycles. The van der Waals surface area contributed by atoms with E-state index in [0.29, 0.717) is 37.4 Å². The molecule has 0 atom stereocenters. The number of carbonyl (C=O) groups is 1. The summed E-state index contributed by atoms with van der Waals surface area (Å²) >= 11 is 0. The fourth-order valence-electron chi connectivity index (χ4n) is 2.97. The van der Waals surface area contributed by atoms with Crippen LogP contribution >= 0.6 is 0 Å². The van der Waals surface area contributed by atoms with Gasteiger partial charge in [0.25, 0.3) is 5.91 Å². The van der Waals surface area contributed by atoms with Crippen molar-refractivity contribution in [1.29, 1.82) is 0 Å². The van der Waals surface area contributed by atoms with E-state index < -0.39 is 10.0 Å². The van der Waals surface area contributed by atoms with Crippen LogP contribution in [0.5, 0.6) is 0 Å². The highest BCUT2D eigenvalue weighted by Gasteiger charge is 2.25. The van der Waals surface area contributed by atoms with Gasteiger partial charge < -0.3 is 9.84 Å². The summed E-state index contributed by atoms with van der Waals surface area (Å²) < 4.78 is 31.8.